The van der Waals surface area contributed by atoms with E-state index >= 15 is 0 Å². The summed E-state index contributed by atoms with van der Waals surface area (Å²) in [4.78, 5) is 33.9. The highest BCUT2D eigenvalue weighted by atomic mass is 16.5. The Balaban J connectivity index is 2.28. The minimum absolute atomic E-state index is 0.00291. The van der Waals surface area contributed by atoms with Gasteiger partial charge in [-0.05, 0) is 25.5 Å². The van der Waals surface area contributed by atoms with Gasteiger partial charge in [0.2, 0.25) is 5.76 Å². The van der Waals surface area contributed by atoms with Gasteiger partial charge >= 0.3 is 12.0 Å². The zero-order valence-corrected chi connectivity index (χ0v) is 10.8. The molecule has 0 spiro atoms. The first-order valence-corrected chi connectivity index (χ1v) is 5.84. The number of carbonyl (C=O) groups is 3. The van der Waals surface area contributed by atoms with Gasteiger partial charge < -0.3 is 14.5 Å². The first-order chi connectivity index (χ1) is 9.02. The third-order valence-corrected chi connectivity index (χ3v) is 2.30. The number of hydrogen-bond donors (Lipinski definition) is 2. The van der Waals surface area contributed by atoms with Crippen LogP contribution >= 0.6 is 0 Å². The zero-order chi connectivity index (χ0) is 14.3. The molecular formula is C12H16N2O5. The van der Waals surface area contributed by atoms with Gasteiger partial charge in [-0.15, -0.1) is 0 Å². The Bertz CT molecular complexity index is 441. The van der Waals surface area contributed by atoms with Crippen LogP contribution in [0.15, 0.2) is 22.8 Å². The monoisotopic (exact) mass is 268 g/mol. The molecule has 0 radical (unpaired) electrons. The second-order valence-electron chi connectivity index (χ2n) is 3.88. The molecule has 1 aromatic rings. The van der Waals surface area contributed by atoms with Gasteiger partial charge in [0.15, 0.2) is 6.61 Å². The van der Waals surface area contributed by atoms with Crippen molar-refractivity contribution in [3.05, 3.63) is 24.2 Å². The summed E-state index contributed by atoms with van der Waals surface area (Å²) in [5.41, 5.74) is 0. The first-order valence-electron chi connectivity index (χ1n) is 5.84. The molecule has 0 aliphatic carbocycles. The molecule has 0 saturated heterocycles. The number of carbonyl (C=O) groups excluding carboxylic acids is 3. The molecule has 1 rings (SSSR count). The SMILES string of the molecule is CC[C@@H](C)NC(=O)NC(=O)COC(=O)c1ccco1. The van der Waals surface area contributed by atoms with E-state index < -0.39 is 24.5 Å². The van der Waals surface area contributed by atoms with Crippen molar-refractivity contribution >= 4 is 17.9 Å². The van der Waals surface area contributed by atoms with Crippen LogP contribution in [0.5, 0.6) is 0 Å². The van der Waals surface area contributed by atoms with E-state index in [2.05, 4.69) is 10.1 Å². The summed E-state index contributed by atoms with van der Waals surface area (Å²) in [6.45, 7) is 3.16. The van der Waals surface area contributed by atoms with Gasteiger partial charge in [0, 0.05) is 6.04 Å². The Morgan fingerprint density at radius 3 is 2.74 bits per heavy atom. The summed E-state index contributed by atoms with van der Waals surface area (Å²) >= 11 is 0. The van der Waals surface area contributed by atoms with Crippen LogP contribution in [0.1, 0.15) is 30.8 Å². The minimum Gasteiger partial charge on any atom is -0.457 e. The normalized spacial score (nSPS) is 11.5. The highest BCUT2D eigenvalue weighted by molar-refractivity contribution is 5.96. The smallest absolute Gasteiger partial charge is 0.374 e. The van der Waals surface area contributed by atoms with Crippen LogP contribution in [-0.2, 0) is 9.53 Å². The van der Waals surface area contributed by atoms with Gasteiger partial charge in [-0.3, -0.25) is 10.1 Å². The second kappa shape index (κ2) is 7.20. The molecule has 1 atom stereocenters. The molecule has 0 bridgehead atoms. The van der Waals surface area contributed by atoms with E-state index in [4.69, 9.17) is 4.42 Å². The summed E-state index contributed by atoms with van der Waals surface area (Å²) in [6, 6.07) is 2.28. The van der Waals surface area contributed by atoms with Crippen LogP contribution in [0.4, 0.5) is 4.79 Å². The summed E-state index contributed by atoms with van der Waals surface area (Å²) in [5, 5.41) is 4.59. The number of rotatable bonds is 5. The molecular weight excluding hydrogens is 252 g/mol. The molecule has 104 valence electrons. The number of hydrogen-bond acceptors (Lipinski definition) is 5. The Kier molecular flexibility index (Phi) is 5.59. The topological polar surface area (TPSA) is 97.6 Å². The number of furan rings is 1. The molecule has 2 N–H and O–H groups in total. The van der Waals surface area contributed by atoms with E-state index in [9.17, 15) is 14.4 Å². The van der Waals surface area contributed by atoms with E-state index in [1.54, 1.807) is 6.92 Å². The predicted octanol–water partition coefficient (Wildman–Crippen LogP) is 1.06. The Labute approximate surface area is 110 Å². The average molecular weight is 268 g/mol. The highest BCUT2D eigenvalue weighted by Gasteiger charge is 2.14. The molecule has 1 aromatic heterocycles. The Hall–Kier alpha value is -2.31. The minimum atomic E-state index is -0.762. The van der Waals surface area contributed by atoms with Gasteiger partial charge in [-0.1, -0.05) is 6.92 Å². The molecule has 0 saturated carbocycles. The maximum atomic E-state index is 11.3. The molecule has 7 heteroatoms. The van der Waals surface area contributed by atoms with Crippen molar-refractivity contribution in [3.63, 3.8) is 0 Å². The van der Waals surface area contributed by atoms with E-state index in [0.29, 0.717) is 0 Å². The number of nitrogens with one attached hydrogen (secondary N) is 2. The summed E-state index contributed by atoms with van der Waals surface area (Å²) in [6.07, 6.45) is 2.06. The molecule has 0 aliphatic heterocycles. The highest BCUT2D eigenvalue weighted by Crippen LogP contribution is 2.01. The lowest BCUT2D eigenvalue weighted by atomic mass is 10.3. The van der Waals surface area contributed by atoms with Crippen LogP contribution in [0.2, 0.25) is 0 Å². The summed E-state index contributed by atoms with van der Waals surface area (Å²) in [7, 11) is 0. The quantitative estimate of drug-likeness (QED) is 0.778. The van der Waals surface area contributed by atoms with Crippen molar-refractivity contribution in [3.8, 4) is 0 Å². The average Bonchev–Trinajstić information content (AvgIpc) is 2.89. The van der Waals surface area contributed by atoms with Gasteiger partial charge in [-0.25, -0.2) is 9.59 Å². The number of urea groups is 1. The molecule has 0 aliphatic rings. The van der Waals surface area contributed by atoms with Crippen LogP contribution < -0.4 is 10.6 Å². The predicted molar refractivity (Wildman–Crippen MR) is 65.4 cm³/mol. The fourth-order valence-electron chi connectivity index (χ4n) is 1.12. The van der Waals surface area contributed by atoms with E-state index in [-0.39, 0.29) is 11.8 Å². The van der Waals surface area contributed by atoms with Crippen molar-refractivity contribution in [2.45, 2.75) is 26.3 Å². The Morgan fingerprint density at radius 2 is 2.16 bits per heavy atom. The van der Waals surface area contributed by atoms with Crippen LogP contribution in [-0.4, -0.2) is 30.6 Å². The largest absolute Gasteiger partial charge is 0.457 e. The van der Waals surface area contributed by atoms with Crippen molar-refractivity contribution in [2.24, 2.45) is 0 Å². The molecule has 0 aromatic carbocycles. The lowest BCUT2D eigenvalue weighted by Crippen LogP contribution is -2.44. The maximum Gasteiger partial charge on any atom is 0.374 e. The summed E-state index contributed by atoms with van der Waals surface area (Å²) < 4.78 is 9.45. The molecule has 1 heterocycles. The van der Waals surface area contributed by atoms with Crippen LogP contribution in [0.3, 0.4) is 0 Å². The number of imide groups is 1. The fraction of sp³-hybridized carbons (Fsp3) is 0.417. The number of ether oxygens (including phenoxy) is 1. The lowest BCUT2D eigenvalue weighted by Gasteiger charge is -2.11. The molecule has 0 unspecified atom stereocenters. The molecule has 0 fully saturated rings. The van der Waals surface area contributed by atoms with Gasteiger partial charge in [0.1, 0.15) is 0 Å². The maximum absolute atomic E-state index is 11.3. The third kappa shape index (κ3) is 5.24. The standard InChI is InChI=1S/C12H16N2O5/c1-3-8(2)13-12(17)14-10(15)7-19-11(16)9-5-4-6-18-9/h4-6,8H,3,7H2,1-2H3,(H2,13,14,15,17)/t8-/m1/s1. The second-order valence-corrected chi connectivity index (χ2v) is 3.88. The van der Waals surface area contributed by atoms with E-state index in [1.807, 2.05) is 12.2 Å². The zero-order valence-electron chi connectivity index (χ0n) is 10.8. The number of amides is 3. The van der Waals surface area contributed by atoms with Gasteiger partial charge in [-0.2, -0.15) is 0 Å². The third-order valence-electron chi connectivity index (χ3n) is 2.30. The van der Waals surface area contributed by atoms with Gasteiger partial charge in [0.25, 0.3) is 5.91 Å². The van der Waals surface area contributed by atoms with Crippen molar-refractivity contribution in [1.82, 2.24) is 10.6 Å². The summed E-state index contributed by atoms with van der Waals surface area (Å²) in [5.74, 6) is -1.47. The van der Waals surface area contributed by atoms with E-state index in [1.165, 1.54) is 18.4 Å². The van der Waals surface area contributed by atoms with Gasteiger partial charge in [0.05, 0.1) is 6.26 Å². The molecule has 7 nitrogen and oxygen atoms in total. The van der Waals surface area contributed by atoms with Crippen LogP contribution in [0.25, 0.3) is 0 Å². The Morgan fingerprint density at radius 1 is 1.42 bits per heavy atom. The van der Waals surface area contributed by atoms with Crippen molar-refractivity contribution in [1.29, 1.82) is 0 Å². The van der Waals surface area contributed by atoms with Crippen LogP contribution in [0, 0.1) is 0 Å². The molecule has 3 amide bonds. The van der Waals surface area contributed by atoms with Crippen molar-refractivity contribution in [2.75, 3.05) is 6.61 Å². The van der Waals surface area contributed by atoms with Crippen molar-refractivity contribution < 1.29 is 23.5 Å². The lowest BCUT2D eigenvalue weighted by molar-refractivity contribution is -0.123. The van der Waals surface area contributed by atoms with E-state index in [0.717, 1.165) is 6.42 Å². The molecule has 19 heavy (non-hydrogen) atoms. The number of esters is 1. The first kappa shape index (κ1) is 14.7. The fourth-order valence-corrected chi connectivity index (χ4v) is 1.12.